The van der Waals surface area contributed by atoms with Crippen LogP contribution in [0.4, 0.5) is 4.39 Å². The van der Waals surface area contributed by atoms with Crippen LogP contribution in [0, 0.1) is 5.82 Å². The highest BCUT2D eigenvalue weighted by Crippen LogP contribution is 2.36. The van der Waals surface area contributed by atoms with Gasteiger partial charge in [0.2, 0.25) is 0 Å². The van der Waals surface area contributed by atoms with E-state index in [9.17, 15) is 4.39 Å². The van der Waals surface area contributed by atoms with Gasteiger partial charge < -0.3 is 9.47 Å². The normalized spacial score (nSPS) is 12.2. The van der Waals surface area contributed by atoms with Crippen LogP contribution in [-0.2, 0) is 4.74 Å². The van der Waals surface area contributed by atoms with Gasteiger partial charge in [-0.1, -0.05) is 40.2 Å². The fourth-order valence-corrected chi connectivity index (χ4v) is 3.05. The number of halogens is 3. The maximum absolute atomic E-state index is 13.8. The first-order valence-corrected chi connectivity index (χ1v) is 8.14. The van der Waals surface area contributed by atoms with Crippen LogP contribution in [0.15, 0.2) is 46.9 Å². The number of alkyl halides is 1. The summed E-state index contributed by atoms with van der Waals surface area (Å²) in [5.41, 5.74) is 1.56. The van der Waals surface area contributed by atoms with E-state index in [0.29, 0.717) is 18.8 Å². The minimum absolute atomic E-state index is 0.206. The fraction of sp³-hybridized carbons (Fsp3) is 0.250. The molecule has 0 saturated carbocycles. The van der Waals surface area contributed by atoms with Gasteiger partial charge in [-0.25, -0.2) is 4.39 Å². The van der Waals surface area contributed by atoms with Crippen molar-refractivity contribution in [1.29, 1.82) is 0 Å². The van der Waals surface area contributed by atoms with E-state index in [4.69, 9.17) is 9.47 Å². The van der Waals surface area contributed by atoms with E-state index >= 15 is 0 Å². The highest BCUT2D eigenvalue weighted by Gasteiger charge is 2.15. The number of benzene rings is 2. The van der Waals surface area contributed by atoms with Gasteiger partial charge in [-0.3, -0.25) is 0 Å². The molecule has 5 heteroatoms. The van der Waals surface area contributed by atoms with Gasteiger partial charge in [-0.2, -0.15) is 0 Å². The van der Waals surface area contributed by atoms with Crippen molar-refractivity contribution in [2.45, 2.75) is 4.83 Å². The van der Waals surface area contributed by atoms with Crippen LogP contribution < -0.4 is 4.74 Å². The average molecular weight is 418 g/mol. The van der Waals surface area contributed by atoms with E-state index in [1.165, 1.54) is 6.07 Å². The molecule has 0 aliphatic rings. The second-order valence-corrected chi connectivity index (χ2v) is 6.19. The van der Waals surface area contributed by atoms with Crippen LogP contribution in [0.1, 0.15) is 16.0 Å². The first-order valence-electron chi connectivity index (χ1n) is 6.43. The van der Waals surface area contributed by atoms with Crippen LogP contribution in [0.3, 0.4) is 0 Å². The number of hydrogen-bond acceptors (Lipinski definition) is 2. The SMILES string of the molecule is COCCOc1ccc(C(Br)c2ccccc2F)cc1Br. The molecule has 0 amide bonds. The summed E-state index contributed by atoms with van der Waals surface area (Å²) in [5, 5.41) is 0. The topological polar surface area (TPSA) is 18.5 Å². The molecule has 1 unspecified atom stereocenters. The fourth-order valence-electron chi connectivity index (χ4n) is 1.89. The van der Waals surface area contributed by atoms with Gasteiger partial charge in [0.15, 0.2) is 0 Å². The molecule has 0 aliphatic heterocycles. The Labute approximate surface area is 140 Å². The third-order valence-corrected chi connectivity index (χ3v) is 4.61. The van der Waals surface area contributed by atoms with Crippen LogP contribution >= 0.6 is 31.9 Å². The zero-order valence-corrected chi connectivity index (χ0v) is 14.7. The van der Waals surface area contributed by atoms with Crippen molar-refractivity contribution in [2.24, 2.45) is 0 Å². The van der Waals surface area contributed by atoms with Crippen molar-refractivity contribution in [3.05, 3.63) is 63.9 Å². The lowest BCUT2D eigenvalue weighted by Gasteiger charge is -2.14. The lowest BCUT2D eigenvalue weighted by molar-refractivity contribution is 0.146. The van der Waals surface area contributed by atoms with Gasteiger partial charge in [0.25, 0.3) is 0 Å². The van der Waals surface area contributed by atoms with E-state index in [1.54, 1.807) is 19.2 Å². The molecule has 0 bridgehead atoms. The van der Waals surface area contributed by atoms with Crippen LogP contribution in [0.25, 0.3) is 0 Å². The van der Waals surface area contributed by atoms with Gasteiger partial charge >= 0.3 is 0 Å². The Bertz CT molecular complexity index is 605. The molecule has 0 saturated heterocycles. The minimum atomic E-state index is -0.226. The highest BCUT2D eigenvalue weighted by atomic mass is 79.9. The molecule has 0 aliphatic carbocycles. The summed E-state index contributed by atoms with van der Waals surface area (Å²) in [6.45, 7) is 1.02. The van der Waals surface area contributed by atoms with Crippen molar-refractivity contribution in [2.75, 3.05) is 20.3 Å². The maximum Gasteiger partial charge on any atom is 0.133 e. The lowest BCUT2D eigenvalue weighted by Crippen LogP contribution is -2.05. The molecule has 0 fully saturated rings. The first kappa shape index (κ1) is 16.5. The lowest BCUT2D eigenvalue weighted by atomic mass is 10.0. The number of ether oxygens (including phenoxy) is 2. The third-order valence-electron chi connectivity index (χ3n) is 2.97. The van der Waals surface area contributed by atoms with E-state index in [0.717, 1.165) is 15.8 Å². The van der Waals surface area contributed by atoms with Gasteiger partial charge in [0.1, 0.15) is 18.2 Å². The van der Waals surface area contributed by atoms with Crippen molar-refractivity contribution in [3.8, 4) is 5.75 Å². The van der Waals surface area contributed by atoms with Crippen LogP contribution in [0.5, 0.6) is 5.75 Å². The van der Waals surface area contributed by atoms with Gasteiger partial charge in [0.05, 0.1) is 15.9 Å². The second-order valence-electron chi connectivity index (χ2n) is 4.42. The van der Waals surface area contributed by atoms with Crippen LogP contribution in [0.2, 0.25) is 0 Å². The molecule has 0 aromatic heterocycles. The summed E-state index contributed by atoms with van der Waals surface area (Å²) >= 11 is 7.02. The Hall–Kier alpha value is -0.910. The van der Waals surface area contributed by atoms with Gasteiger partial charge in [0, 0.05) is 12.7 Å². The Kier molecular flexibility index (Phi) is 6.21. The van der Waals surface area contributed by atoms with E-state index in [1.807, 2.05) is 24.3 Å². The Morgan fingerprint density at radius 1 is 1.14 bits per heavy atom. The molecule has 0 heterocycles. The van der Waals surface area contributed by atoms with E-state index in [2.05, 4.69) is 31.9 Å². The summed E-state index contributed by atoms with van der Waals surface area (Å²) in [5.74, 6) is 0.514. The van der Waals surface area contributed by atoms with Gasteiger partial charge in [-0.15, -0.1) is 0 Å². The summed E-state index contributed by atoms with van der Waals surface area (Å²) < 4.78 is 25.2. The summed E-state index contributed by atoms with van der Waals surface area (Å²) in [4.78, 5) is -0.206. The Balaban J connectivity index is 2.18. The molecule has 2 nitrogen and oxygen atoms in total. The molecule has 21 heavy (non-hydrogen) atoms. The smallest absolute Gasteiger partial charge is 0.133 e. The minimum Gasteiger partial charge on any atom is -0.490 e. The molecule has 0 radical (unpaired) electrons. The molecule has 2 aromatic carbocycles. The van der Waals surface area contributed by atoms with Crippen molar-refractivity contribution >= 4 is 31.9 Å². The zero-order chi connectivity index (χ0) is 15.2. The van der Waals surface area contributed by atoms with Gasteiger partial charge in [-0.05, 0) is 39.7 Å². The largest absolute Gasteiger partial charge is 0.490 e. The maximum atomic E-state index is 13.8. The molecule has 112 valence electrons. The predicted octanol–water partition coefficient (Wildman–Crippen LogP) is 5.10. The predicted molar refractivity (Wildman–Crippen MR) is 88.7 cm³/mol. The quantitative estimate of drug-likeness (QED) is 0.481. The van der Waals surface area contributed by atoms with Crippen LogP contribution in [-0.4, -0.2) is 20.3 Å². The summed E-state index contributed by atoms with van der Waals surface area (Å²) in [6, 6.07) is 12.4. The molecular formula is C16H15Br2FO2. The first-order chi connectivity index (χ1) is 10.1. The summed E-state index contributed by atoms with van der Waals surface area (Å²) in [6.07, 6.45) is 0. The zero-order valence-electron chi connectivity index (χ0n) is 11.5. The molecule has 2 rings (SSSR count). The van der Waals surface area contributed by atoms with Crippen molar-refractivity contribution in [3.63, 3.8) is 0 Å². The molecule has 0 N–H and O–H groups in total. The number of rotatable bonds is 6. The summed E-state index contributed by atoms with van der Waals surface area (Å²) in [7, 11) is 1.63. The molecule has 1 atom stereocenters. The Morgan fingerprint density at radius 2 is 1.90 bits per heavy atom. The van der Waals surface area contributed by atoms with E-state index < -0.39 is 0 Å². The third kappa shape index (κ3) is 4.28. The average Bonchev–Trinajstić information content (AvgIpc) is 2.49. The molecule has 2 aromatic rings. The highest BCUT2D eigenvalue weighted by molar-refractivity contribution is 9.10. The second kappa shape index (κ2) is 7.92. The Morgan fingerprint density at radius 3 is 2.57 bits per heavy atom. The van der Waals surface area contributed by atoms with Crippen molar-refractivity contribution < 1.29 is 13.9 Å². The number of hydrogen-bond donors (Lipinski definition) is 0. The monoisotopic (exact) mass is 416 g/mol. The van der Waals surface area contributed by atoms with Crippen molar-refractivity contribution in [1.82, 2.24) is 0 Å². The molecular weight excluding hydrogens is 403 g/mol. The van der Waals surface area contributed by atoms with E-state index in [-0.39, 0.29) is 10.6 Å². The standard InChI is InChI=1S/C16H15Br2FO2/c1-20-8-9-21-15-7-6-11(10-13(15)17)16(18)12-4-2-3-5-14(12)19/h2-7,10,16H,8-9H2,1H3. The molecule has 0 spiro atoms. The number of methoxy groups -OCH3 is 1.